The highest BCUT2D eigenvalue weighted by Gasteiger charge is 2.16. The maximum atomic E-state index is 2.64. The van der Waals surface area contributed by atoms with Crippen LogP contribution in [-0.4, -0.2) is 99.1 Å². The van der Waals surface area contributed by atoms with Gasteiger partial charge in [0.25, 0.3) is 0 Å². The van der Waals surface area contributed by atoms with Gasteiger partial charge in [0, 0.05) is 39.3 Å². The molecule has 0 spiro atoms. The minimum atomic E-state index is 1.21. The zero-order chi connectivity index (χ0) is 12.8. The molecule has 0 N–H and O–H groups in total. The first-order chi connectivity index (χ1) is 8.74. The lowest BCUT2D eigenvalue weighted by molar-refractivity contribution is 0.119. The second-order valence-electron chi connectivity index (χ2n) is 6.00. The Morgan fingerprint density at radius 1 is 0.444 bits per heavy atom. The summed E-state index contributed by atoms with van der Waals surface area (Å²) in [7, 11) is 4.52. The molecule has 0 unspecified atom stereocenters. The third kappa shape index (κ3) is 4.84. The molecule has 0 aromatic heterocycles. The molecule has 3 aliphatic rings. The minimum absolute atomic E-state index is 1.21. The van der Waals surface area contributed by atoms with Gasteiger partial charge in [-0.1, -0.05) is 0 Å². The quantitative estimate of drug-likeness (QED) is 0.615. The van der Waals surface area contributed by atoms with Gasteiger partial charge < -0.3 is 19.6 Å². The van der Waals surface area contributed by atoms with Gasteiger partial charge in [0.05, 0.1) is 0 Å². The van der Waals surface area contributed by atoms with E-state index in [1.54, 1.807) is 0 Å². The summed E-state index contributed by atoms with van der Waals surface area (Å²) < 4.78 is 0. The molecular weight excluding hydrogens is 224 g/mol. The first-order valence-corrected chi connectivity index (χ1v) is 7.56. The predicted molar refractivity (Wildman–Crippen MR) is 77.1 cm³/mol. The zero-order valence-electron chi connectivity index (χ0n) is 12.3. The number of hydrogen-bond acceptors (Lipinski definition) is 4. The Morgan fingerprint density at radius 2 is 0.833 bits per heavy atom. The Morgan fingerprint density at radius 3 is 1.22 bits per heavy atom. The largest absolute Gasteiger partial charge is 0.305 e. The van der Waals surface area contributed by atoms with Crippen molar-refractivity contribution in [1.29, 1.82) is 0 Å². The van der Waals surface area contributed by atoms with Gasteiger partial charge in [0.2, 0.25) is 0 Å². The van der Waals surface area contributed by atoms with Gasteiger partial charge in [-0.15, -0.1) is 0 Å². The molecule has 0 radical (unpaired) electrons. The molecule has 0 amide bonds. The van der Waals surface area contributed by atoms with Crippen molar-refractivity contribution in [3.05, 3.63) is 0 Å². The van der Waals surface area contributed by atoms with Crippen molar-refractivity contribution in [3.8, 4) is 0 Å². The van der Waals surface area contributed by atoms with Gasteiger partial charge in [-0.25, -0.2) is 0 Å². The number of rotatable bonds is 0. The fraction of sp³-hybridized carbons (Fsp3) is 1.00. The third-order valence-electron chi connectivity index (χ3n) is 4.36. The van der Waals surface area contributed by atoms with Gasteiger partial charge in [0.1, 0.15) is 0 Å². The molecule has 2 bridgehead atoms. The molecule has 4 heteroatoms. The van der Waals surface area contributed by atoms with E-state index in [2.05, 4.69) is 33.7 Å². The zero-order valence-corrected chi connectivity index (χ0v) is 12.3. The average Bonchev–Trinajstić information content (AvgIpc) is 2.38. The fourth-order valence-corrected chi connectivity index (χ4v) is 2.93. The lowest BCUT2D eigenvalue weighted by Gasteiger charge is -2.35. The Balaban J connectivity index is 1.81. The molecule has 0 atom stereocenters. The lowest BCUT2D eigenvalue weighted by Crippen LogP contribution is -2.47. The SMILES string of the molecule is CN1CCCN2CCN(CCCN(C)CC1)CC2. The molecule has 0 aliphatic carbocycles. The second-order valence-corrected chi connectivity index (χ2v) is 6.00. The predicted octanol–water partition coefficient (Wildman–Crippen LogP) is 0.261. The highest BCUT2D eigenvalue weighted by atomic mass is 15.3. The van der Waals surface area contributed by atoms with Crippen LogP contribution in [0.3, 0.4) is 0 Å². The van der Waals surface area contributed by atoms with E-state index in [-0.39, 0.29) is 0 Å². The molecule has 3 fully saturated rings. The van der Waals surface area contributed by atoms with Crippen LogP contribution in [0.25, 0.3) is 0 Å². The number of piperazine rings is 1. The van der Waals surface area contributed by atoms with E-state index < -0.39 is 0 Å². The Hall–Kier alpha value is -0.160. The Labute approximate surface area is 113 Å². The van der Waals surface area contributed by atoms with Crippen LogP contribution in [0.1, 0.15) is 12.8 Å². The van der Waals surface area contributed by atoms with E-state index in [9.17, 15) is 0 Å². The van der Waals surface area contributed by atoms with Crippen LogP contribution in [0.2, 0.25) is 0 Å². The molecule has 18 heavy (non-hydrogen) atoms. The van der Waals surface area contributed by atoms with Crippen molar-refractivity contribution in [3.63, 3.8) is 0 Å². The summed E-state index contributed by atoms with van der Waals surface area (Å²) in [4.78, 5) is 10.3. The molecule has 0 saturated carbocycles. The van der Waals surface area contributed by atoms with E-state index >= 15 is 0 Å². The van der Waals surface area contributed by atoms with Crippen LogP contribution in [0.15, 0.2) is 0 Å². The summed E-state index contributed by atoms with van der Waals surface area (Å²) >= 11 is 0. The first-order valence-electron chi connectivity index (χ1n) is 7.56. The number of nitrogens with zero attached hydrogens (tertiary/aromatic N) is 4. The molecular formula is C14H30N4. The van der Waals surface area contributed by atoms with Crippen molar-refractivity contribution < 1.29 is 0 Å². The van der Waals surface area contributed by atoms with Crippen LogP contribution < -0.4 is 0 Å². The average molecular weight is 254 g/mol. The molecule has 3 heterocycles. The van der Waals surface area contributed by atoms with Crippen LogP contribution in [0.4, 0.5) is 0 Å². The van der Waals surface area contributed by atoms with E-state index in [4.69, 9.17) is 0 Å². The van der Waals surface area contributed by atoms with Gasteiger partial charge in [-0.05, 0) is 53.1 Å². The third-order valence-corrected chi connectivity index (χ3v) is 4.36. The fourth-order valence-electron chi connectivity index (χ4n) is 2.93. The summed E-state index contributed by atoms with van der Waals surface area (Å²) in [5.41, 5.74) is 0. The van der Waals surface area contributed by atoms with Crippen LogP contribution in [-0.2, 0) is 0 Å². The van der Waals surface area contributed by atoms with Crippen molar-refractivity contribution >= 4 is 0 Å². The smallest absolute Gasteiger partial charge is 0.0110 e. The van der Waals surface area contributed by atoms with Gasteiger partial charge in [-0.2, -0.15) is 0 Å². The van der Waals surface area contributed by atoms with Crippen molar-refractivity contribution in [2.45, 2.75) is 12.8 Å². The molecule has 0 aromatic carbocycles. The second kappa shape index (κ2) is 7.43. The number of hydrogen-bond donors (Lipinski definition) is 0. The number of fused-ring (bicyclic) bond motifs is 11. The molecule has 3 aliphatic heterocycles. The highest BCUT2D eigenvalue weighted by Crippen LogP contribution is 2.05. The van der Waals surface area contributed by atoms with E-state index in [0.29, 0.717) is 0 Å². The summed E-state index contributed by atoms with van der Waals surface area (Å²) in [6, 6.07) is 0. The van der Waals surface area contributed by atoms with Crippen molar-refractivity contribution in [2.75, 3.05) is 79.5 Å². The lowest BCUT2D eigenvalue weighted by atomic mass is 10.2. The summed E-state index contributed by atoms with van der Waals surface area (Å²) in [6.07, 6.45) is 2.64. The van der Waals surface area contributed by atoms with Crippen molar-refractivity contribution in [1.82, 2.24) is 19.6 Å². The Bertz CT molecular complexity index is 202. The Kier molecular flexibility index (Phi) is 5.89. The van der Waals surface area contributed by atoms with E-state index in [0.717, 1.165) is 0 Å². The van der Waals surface area contributed by atoms with Crippen molar-refractivity contribution in [2.24, 2.45) is 0 Å². The summed E-state index contributed by atoms with van der Waals surface area (Å²) in [5, 5.41) is 0. The maximum absolute atomic E-state index is 2.64. The van der Waals surface area contributed by atoms with Gasteiger partial charge >= 0.3 is 0 Å². The minimum Gasteiger partial charge on any atom is -0.305 e. The van der Waals surface area contributed by atoms with Gasteiger partial charge in [0.15, 0.2) is 0 Å². The normalized spacial score (nSPS) is 34.3. The molecule has 0 aromatic rings. The molecule has 3 rings (SSSR count). The molecule has 3 saturated heterocycles. The van der Waals surface area contributed by atoms with Crippen LogP contribution in [0.5, 0.6) is 0 Å². The highest BCUT2D eigenvalue weighted by molar-refractivity contribution is 4.73. The van der Waals surface area contributed by atoms with E-state index in [1.165, 1.54) is 78.3 Å². The summed E-state index contributed by atoms with van der Waals surface area (Å²) in [5.74, 6) is 0. The van der Waals surface area contributed by atoms with Gasteiger partial charge in [-0.3, -0.25) is 0 Å². The van der Waals surface area contributed by atoms with Crippen LogP contribution in [0, 0.1) is 0 Å². The van der Waals surface area contributed by atoms with Crippen LogP contribution >= 0.6 is 0 Å². The maximum Gasteiger partial charge on any atom is 0.0110 e. The standard InChI is InChI=1S/C14H30N4/c1-15-5-3-7-17-11-13-18(14-12-17)8-4-6-16(2)10-9-15/h3-14H2,1-2H3. The molecule has 106 valence electrons. The molecule has 4 nitrogen and oxygen atoms in total. The van der Waals surface area contributed by atoms with E-state index in [1.807, 2.05) is 0 Å². The number of likely N-dealkylation sites (N-methyl/N-ethyl adjacent to an activating group) is 2. The monoisotopic (exact) mass is 254 g/mol. The summed E-state index contributed by atoms with van der Waals surface area (Å²) in [6.45, 7) is 12.6. The topological polar surface area (TPSA) is 13.0 Å². The first kappa shape index (κ1) is 14.3.